The second kappa shape index (κ2) is 15.8. The van der Waals surface area contributed by atoms with Crippen molar-refractivity contribution in [3.8, 4) is 0 Å². The molecule has 0 aliphatic heterocycles. The van der Waals surface area contributed by atoms with Crippen molar-refractivity contribution in [2.75, 3.05) is 27.7 Å². The van der Waals surface area contributed by atoms with E-state index in [1.807, 2.05) is 33.3 Å². The minimum absolute atomic E-state index is 0.184. The van der Waals surface area contributed by atoms with Crippen molar-refractivity contribution in [2.24, 2.45) is 0 Å². The van der Waals surface area contributed by atoms with E-state index >= 15 is 0 Å². The lowest BCUT2D eigenvalue weighted by Gasteiger charge is -2.28. The van der Waals surface area contributed by atoms with Gasteiger partial charge in [-0.3, -0.25) is 14.4 Å². The fourth-order valence-corrected chi connectivity index (χ4v) is 4.26. The molecular formula is C27H46NO6+. The van der Waals surface area contributed by atoms with Crippen LogP contribution >= 0.6 is 0 Å². The minimum Gasteiger partial charge on any atom is -0.481 e. The van der Waals surface area contributed by atoms with E-state index in [4.69, 9.17) is 9.84 Å². The van der Waals surface area contributed by atoms with Crippen LogP contribution in [-0.4, -0.2) is 72.3 Å². The van der Waals surface area contributed by atoms with Gasteiger partial charge in [0.25, 0.3) is 0 Å². The lowest BCUT2D eigenvalue weighted by Crippen LogP contribution is -2.43. The fourth-order valence-electron chi connectivity index (χ4n) is 4.26. The number of aliphatic hydroxyl groups is 1. The number of carbonyl (C=O) groups excluding carboxylic acids is 2. The van der Waals surface area contributed by atoms with E-state index in [2.05, 4.69) is 6.92 Å². The summed E-state index contributed by atoms with van der Waals surface area (Å²) < 4.78 is 5.94. The summed E-state index contributed by atoms with van der Waals surface area (Å²) in [5, 5.41) is 19.2. The van der Waals surface area contributed by atoms with E-state index in [-0.39, 0.29) is 24.6 Å². The molecule has 0 aromatic rings. The highest BCUT2D eigenvalue weighted by molar-refractivity contribution is 5.99. The van der Waals surface area contributed by atoms with Crippen molar-refractivity contribution < 1.29 is 33.8 Å². The molecule has 0 spiro atoms. The van der Waals surface area contributed by atoms with E-state index in [0.717, 1.165) is 68.9 Å². The summed E-state index contributed by atoms with van der Waals surface area (Å²) in [6.07, 6.45) is 12.2. The van der Waals surface area contributed by atoms with Crippen molar-refractivity contribution in [3.63, 3.8) is 0 Å². The normalized spacial score (nSPS) is 16.3. The van der Waals surface area contributed by atoms with Crippen LogP contribution in [0.15, 0.2) is 23.3 Å². The number of hydrogen-bond acceptors (Lipinski definition) is 5. The molecule has 2 unspecified atom stereocenters. The molecule has 194 valence electrons. The van der Waals surface area contributed by atoms with Crippen LogP contribution in [0.25, 0.3) is 0 Å². The number of ketones is 1. The molecule has 0 aromatic carbocycles. The predicted octanol–water partition coefficient (Wildman–Crippen LogP) is 4.58. The number of unbranched alkanes of at least 4 members (excludes halogenated alkanes) is 5. The first kappa shape index (κ1) is 30.0. The number of rotatable bonds is 18. The third kappa shape index (κ3) is 13.7. The van der Waals surface area contributed by atoms with Crippen LogP contribution in [-0.2, 0) is 19.1 Å². The maximum Gasteiger partial charge on any atom is 0.307 e. The largest absolute Gasteiger partial charge is 0.481 e. The number of carboxylic acids is 1. The summed E-state index contributed by atoms with van der Waals surface area (Å²) in [5.41, 5.74) is 1.96. The van der Waals surface area contributed by atoms with Crippen molar-refractivity contribution in [1.29, 1.82) is 0 Å². The zero-order chi connectivity index (χ0) is 25.6. The molecule has 0 aromatic heterocycles. The summed E-state index contributed by atoms with van der Waals surface area (Å²) in [6, 6.07) is 0. The summed E-state index contributed by atoms with van der Waals surface area (Å²) in [4.78, 5) is 35.5. The van der Waals surface area contributed by atoms with Gasteiger partial charge in [0.1, 0.15) is 6.54 Å². The number of hydrogen-bond donors (Lipinski definition) is 2. The Morgan fingerprint density at radius 1 is 1.06 bits per heavy atom. The Morgan fingerprint density at radius 3 is 2.41 bits per heavy atom. The van der Waals surface area contributed by atoms with E-state index in [9.17, 15) is 19.5 Å². The summed E-state index contributed by atoms with van der Waals surface area (Å²) in [7, 11) is 5.80. The van der Waals surface area contributed by atoms with E-state index < -0.39 is 18.2 Å². The molecule has 0 bridgehead atoms. The van der Waals surface area contributed by atoms with Crippen LogP contribution in [0.2, 0.25) is 0 Å². The molecule has 7 heteroatoms. The molecule has 2 N–H and O–H groups in total. The SMILES string of the molecule is CCCCCC(O)/C=C/C1=C(CCCCCCC(=O)OC(CC(=O)O)C[N+](C)(C)C)C(=O)CC1. The molecular weight excluding hydrogens is 434 g/mol. The van der Waals surface area contributed by atoms with Gasteiger partial charge in [0.15, 0.2) is 11.9 Å². The second-order valence-corrected chi connectivity index (χ2v) is 10.4. The average Bonchev–Trinajstić information content (AvgIpc) is 3.07. The molecule has 0 radical (unpaired) electrons. The lowest BCUT2D eigenvalue weighted by atomic mass is 10.0. The maximum absolute atomic E-state index is 12.3. The molecule has 0 saturated carbocycles. The molecule has 2 atom stereocenters. The van der Waals surface area contributed by atoms with E-state index in [1.54, 1.807) is 0 Å². The van der Waals surface area contributed by atoms with Gasteiger partial charge in [-0.15, -0.1) is 0 Å². The average molecular weight is 481 g/mol. The van der Waals surface area contributed by atoms with Crippen LogP contribution < -0.4 is 0 Å². The fraction of sp³-hybridized carbons (Fsp3) is 0.741. The van der Waals surface area contributed by atoms with Gasteiger partial charge in [0.2, 0.25) is 0 Å². The van der Waals surface area contributed by atoms with Gasteiger partial charge in [-0.25, -0.2) is 0 Å². The van der Waals surface area contributed by atoms with E-state index in [1.165, 1.54) is 0 Å². The maximum atomic E-state index is 12.3. The smallest absolute Gasteiger partial charge is 0.307 e. The topological polar surface area (TPSA) is 101 Å². The van der Waals surface area contributed by atoms with Gasteiger partial charge in [0, 0.05) is 12.8 Å². The van der Waals surface area contributed by atoms with E-state index in [0.29, 0.717) is 23.9 Å². The zero-order valence-electron chi connectivity index (χ0n) is 21.7. The molecule has 1 aliphatic carbocycles. The molecule has 0 saturated heterocycles. The van der Waals surface area contributed by atoms with Gasteiger partial charge in [-0.05, 0) is 43.3 Å². The molecule has 34 heavy (non-hydrogen) atoms. The van der Waals surface area contributed by atoms with Crippen LogP contribution in [0.3, 0.4) is 0 Å². The van der Waals surface area contributed by atoms with Crippen LogP contribution in [0.1, 0.15) is 90.4 Å². The standard InChI is InChI=1S/C27H45NO6/c1-5-6-9-12-22(29)17-15-21-16-18-25(30)24(21)13-10-7-8-11-14-27(33)34-23(19-26(31)32)20-28(2,3)4/h15,17,22-23,29H,5-14,16,18-20H2,1-4H3/p+1/b17-15+. The number of nitrogens with zero attached hydrogens (tertiary/aromatic N) is 1. The molecule has 1 rings (SSSR count). The van der Waals surface area contributed by atoms with Gasteiger partial charge in [-0.2, -0.15) is 0 Å². The Bertz CT molecular complexity index is 719. The molecule has 0 amide bonds. The van der Waals surface area contributed by atoms with Crippen molar-refractivity contribution in [2.45, 2.75) is 103 Å². The Kier molecular flexibility index (Phi) is 14.0. The second-order valence-electron chi connectivity index (χ2n) is 10.4. The highest BCUT2D eigenvalue weighted by Crippen LogP contribution is 2.28. The quantitative estimate of drug-likeness (QED) is 0.169. The first-order valence-corrected chi connectivity index (χ1v) is 12.8. The molecule has 0 fully saturated rings. The number of Topliss-reactive ketones (excluding diaryl/α,β-unsaturated/α-hetero) is 1. The van der Waals surface area contributed by atoms with Gasteiger partial charge in [0.05, 0.1) is 33.7 Å². The predicted molar refractivity (Wildman–Crippen MR) is 133 cm³/mol. The third-order valence-corrected chi connectivity index (χ3v) is 5.98. The first-order chi connectivity index (χ1) is 16.0. The number of quaternary nitrogens is 1. The van der Waals surface area contributed by atoms with Gasteiger partial charge >= 0.3 is 11.9 Å². The summed E-state index contributed by atoms with van der Waals surface area (Å²) in [6.45, 7) is 2.59. The van der Waals surface area contributed by atoms with Crippen LogP contribution in [0, 0.1) is 0 Å². The lowest BCUT2D eigenvalue weighted by molar-refractivity contribution is -0.873. The van der Waals surface area contributed by atoms with Gasteiger partial charge in [-0.1, -0.05) is 51.2 Å². The number of carbonyl (C=O) groups is 3. The highest BCUT2D eigenvalue weighted by atomic mass is 16.5. The monoisotopic (exact) mass is 480 g/mol. The van der Waals surface area contributed by atoms with Crippen molar-refractivity contribution >= 4 is 17.7 Å². The number of aliphatic carboxylic acids is 1. The summed E-state index contributed by atoms with van der Waals surface area (Å²) in [5.74, 6) is -1.11. The van der Waals surface area contributed by atoms with Gasteiger partial charge < -0.3 is 19.4 Å². The highest BCUT2D eigenvalue weighted by Gasteiger charge is 2.25. The number of allylic oxidation sites excluding steroid dienone is 3. The third-order valence-electron chi connectivity index (χ3n) is 5.98. The molecule has 1 aliphatic rings. The number of carboxylic acid groups (broad SMARTS) is 1. The Morgan fingerprint density at radius 2 is 1.76 bits per heavy atom. The number of ether oxygens (including phenoxy) is 1. The molecule has 0 heterocycles. The van der Waals surface area contributed by atoms with Crippen LogP contribution in [0.5, 0.6) is 0 Å². The minimum atomic E-state index is -0.970. The number of esters is 1. The Balaban J connectivity index is 2.37. The van der Waals surface area contributed by atoms with Crippen molar-refractivity contribution in [1.82, 2.24) is 0 Å². The van der Waals surface area contributed by atoms with Crippen LogP contribution in [0.4, 0.5) is 0 Å². The number of aliphatic hydroxyl groups excluding tert-OH is 1. The summed E-state index contributed by atoms with van der Waals surface area (Å²) >= 11 is 0. The zero-order valence-corrected chi connectivity index (χ0v) is 21.7. The Labute approximate surface area is 205 Å². The Hall–Kier alpha value is -1.99. The van der Waals surface area contributed by atoms with Crippen molar-refractivity contribution in [3.05, 3.63) is 23.3 Å². The molecule has 7 nitrogen and oxygen atoms in total. The first-order valence-electron chi connectivity index (χ1n) is 12.8. The number of likely N-dealkylation sites (N-methyl/N-ethyl adjacent to an activating group) is 1.